The molecule has 0 aliphatic carbocycles. The van der Waals surface area contributed by atoms with E-state index in [0.717, 1.165) is 10.3 Å². The summed E-state index contributed by atoms with van der Waals surface area (Å²) in [5.74, 6) is -0.580. The van der Waals surface area contributed by atoms with Crippen molar-refractivity contribution in [3.63, 3.8) is 0 Å². The molecule has 3 rings (SSSR count). The van der Waals surface area contributed by atoms with Crippen LogP contribution in [0.3, 0.4) is 0 Å². The normalized spacial score (nSPS) is 11.0. The van der Waals surface area contributed by atoms with Gasteiger partial charge in [-0.25, -0.2) is 4.39 Å². The second kappa shape index (κ2) is 6.29. The van der Waals surface area contributed by atoms with E-state index in [1.165, 1.54) is 24.5 Å². The zero-order valence-electron chi connectivity index (χ0n) is 11.9. The predicted octanol–water partition coefficient (Wildman–Crippen LogP) is 3.71. The van der Waals surface area contributed by atoms with Crippen LogP contribution >= 0.6 is 11.3 Å². The van der Waals surface area contributed by atoms with Crippen molar-refractivity contribution in [3.05, 3.63) is 58.6 Å². The van der Waals surface area contributed by atoms with Gasteiger partial charge in [-0.1, -0.05) is 6.07 Å². The predicted molar refractivity (Wildman–Crippen MR) is 82.4 cm³/mol. The molecule has 0 aliphatic heterocycles. The lowest BCUT2D eigenvalue weighted by Crippen LogP contribution is -2.22. The molecule has 0 saturated heterocycles. The van der Waals surface area contributed by atoms with Crippen molar-refractivity contribution >= 4 is 27.3 Å². The number of methoxy groups -OCH3 is 1. The minimum atomic E-state index is -0.338. The molecule has 0 fully saturated rings. The quantitative estimate of drug-likeness (QED) is 0.780. The van der Waals surface area contributed by atoms with Gasteiger partial charge in [-0.2, -0.15) is 0 Å². The lowest BCUT2D eigenvalue weighted by molar-refractivity contribution is 0.0950. The molecule has 3 aromatic rings. The molecule has 1 aromatic carbocycles. The number of carbonyl (C=O) groups excluding carboxylic acids is 1. The van der Waals surface area contributed by atoms with Gasteiger partial charge in [-0.3, -0.25) is 4.79 Å². The Morgan fingerprint density at radius 1 is 1.41 bits per heavy atom. The number of rotatable bonds is 5. The first-order chi connectivity index (χ1) is 10.7. The lowest BCUT2D eigenvalue weighted by atomic mass is 10.1. The highest BCUT2D eigenvalue weighted by Gasteiger charge is 2.20. The Morgan fingerprint density at radius 2 is 2.27 bits per heavy atom. The van der Waals surface area contributed by atoms with Crippen molar-refractivity contribution in [1.29, 1.82) is 0 Å². The average molecular weight is 319 g/mol. The van der Waals surface area contributed by atoms with E-state index in [1.807, 2.05) is 0 Å². The number of halogens is 1. The summed E-state index contributed by atoms with van der Waals surface area (Å²) in [4.78, 5) is 12.9. The number of hydrogen-bond donors (Lipinski definition) is 1. The Morgan fingerprint density at radius 3 is 3.00 bits per heavy atom. The molecule has 4 nitrogen and oxygen atoms in total. The van der Waals surface area contributed by atoms with E-state index in [4.69, 9.17) is 9.15 Å². The van der Waals surface area contributed by atoms with E-state index in [2.05, 4.69) is 5.32 Å². The number of nitrogens with one attached hydrogen (secondary N) is 1. The van der Waals surface area contributed by atoms with Gasteiger partial charge in [0.15, 0.2) is 0 Å². The van der Waals surface area contributed by atoms with Crippen LogP contribution < -0.4 is 5.32 Å². The van der Waals surface area contributed by atoms with Crippen molar-refractivity contribution in [2.45, 2.75) is 13.2 Å². The van der Waals surface area contributed by atoms with E-state index in [0.29, 0.717) is 22.4 Å². The van der Waals surface area contributed by atoms with Crippen molar-refractivity contribution in [3.8, 4) is 0 Å². The number of ether oxygens (including phenoxy) is 1. The maximum atomic E-state index is 14.1. The van der Waals surface area contributed by atoms with Crippen LogP contribution in [0.15, 0.2) is 41.2 Å². The highest BCUT2D eigenvalue weighted by molar-refractivity contribution is 7.21. The van der Waals surface area contributed by atoms with E-state index >= 15 is 0 Å². The molecular formula is C16H14FNO3S. The number of amides is 1. The van der Waals surface area contributed by atoms with Crippen LogP contribution in [-0.2, 0) is 17.9 Å². The topological polar surface area (TPSA) is 51.5 Å². The monoisotopic (exact) mass is 319 g/mol. The fourth-order valence-electron chi connectivity index (χ4n) is 2.29. The molecule has 0 atom stereocenters. The van der Waals surface area contributed by atoms with Crippen LogP contribution in [0.5, 0.6) is 0 Å². The maximum absolute atomic E-state index is 14.1. The molecule has 0 radical (unpaired) electrons. The Bertz CT molecular complexity index is 795. The van der Waals surface area contributed by atoms with Crippen LogP contribution in [0.4, 0.5) is 4.39 Å². The molecule has 0 unspecified atom stereocenters. The van der Waals surface area contributed by atoms with Crippen molar-refractivity contribution in [1.82, 2.24) is 5.32 Å². The van der Waals surface area contributed by atoms with Gasteiger partial charge in [-0.05, 0) is 18.2 Å². The van der Waals surface area contributed by atoms with Crippen LogP contribution in [0.2, 0.25) is 0 Å². The summed E-state index contributed by atoms with van der Waals surface area (Å²) in [5, 5.41) is 3.27. The number of benzene rings is 1. The van der Waals surface area contributed by atoms with Crippen LogP contribution in [-0.4, -0.2) is 13.0 Å². The van der Waals surface area contributed by atoms with Gasteiger partial charge in [0.1, 0.15) is 5.82 Å². The van der Waals surface area contributed by atoms with Crippen LogP contribution in [0.25, 0.3) is 10.1 Å². The second-order valence-electron chi connectivity index (χ2n) is 4.77. The van der Waals surface area contributed by atoms with Gasteiger partial charge in [0.25, 0.3) is 5.91 Å². The molecule has 1 amide bonds. The van der Waals surface area contributed by atoms with E-state index in [-0.39, 0.29) is 18.3 Å². The summed E-state index contributed by atoms with van der Waals surface area (Å²) in [6, 6.07) is 6.61. The minimum Gasteiger partial charge on any atom is -0.472 e. The first-order valence-corrected chi connectivity index (χ1v) is 7.50. The average Bonchev–Trinajstić information content (AvgIpc) is 3.14. The number of fused-ring (bicyclic) bond motifs is 1. The Balaban J connectivity index is 1.93. The van der Waals surface area contributed by atoms with Crippen molar-refractivity contribution in [2.75, 3.05) is 7.11 Å². The number of hydrogen-bond acceptors (Lipinski definition) is 4. The minimum absolute atomic E-state index is 0.190. The molecule has 0 bridgehead atoms. The molecule has 22 heavy (non-hydrogen) atoms. The third kappa shape index (κ3) is 2.75. The fourth-order valence-corrected chi connectivity index (χ4v) is 3.43. The molecule has 0 saturated carbocycles. The molecule has 2 aromatic heterocycles. The van der Waals surface area contributed by atoms with Crippen molar-refractivity contribution in [2.24, 2.45) is 0 Å². The fraction of sp³-hybridized carbons (Fsp3) is 0.188. The van der Waals surface area contributed by atoms with Gasteiger partial charge >= 0.3 is 0 Å². The number of furan rings is 1. The first-order valence-electron chi connectivity index (χ1n) is 6.69. The van der Waals surface area contributed by atoms with Gasteiger partial charge in [0.2, 0.25) is 0 Å². The number of thiophene rings is 1. The summed E-state index contributed by atoms with van der Waals surface area (Å²) in [6.45, 7) is 0.549. The first kappa shape index (κ1) is 14.7. The molecule has 6 heteroatoms. The summed E-state index contributed by atoms with van der Waals surface area (Å²) >= 11 is 1.27. The molecule has 114 valence electrons. The van der Waals surface area contributed by atoms with E-state index in [1.54, 1.807) is 30.7 Å². The molecule has 0 aliphatic rings. The molecule has 1 N–H and O–H groups in total. The Hall–Kier alpha value is -2.18. The molecule has 0 spiro atoms. The largest absolute Gasteiger partial charge is 0.472 e. The SMILES string of the molecule is COCc1c(C(=O)NCc2ccoc2)sc2cccc(F)c12. The van der Waals surface area contributed by atoms with Gasteiger partial charge in [0.05, 0.1) is 24.0 Å². The lowest BCUT2D eigenvalue weighted by Gasteiger charge is -2.05. The Labute approximate surface area is 130 Å². The van der Waals surface area contributed by atoms with Crippen LogP contribution in [0.1, 0.15) is 20.8 Å². The molecular weight excluding hydrogens is 305 g/mol. The zero-order valence-corrected chi connectivity index (χ0v) is 12.7. The second-order valence-corrected chi connectivity index (χ2v) is 5.82. The summed E-state index contributed by atoms with van der Waals surface area (Å²) in [6.07, 6.45) is 3.12. The standard InChI is InChI=1S/C16H14FNO3S/c1-20-9-11-14-12(17)3-2-4-13(14)22-15(11)16(19)18-7-10-5-6-21-8-10/h2-6,8H,7,9H2,1H3,(H,18,19). The highest BCUT2D eigenvalue weighted by atomic mass is 32.1. The Kier molecular flexibility index (Phi) is 4.22. The maximum Gasteiger partial charge on any atom is 0.262 e. The van der Waals surface area contributed by atoms with Crippen molar-refractivity contribution < 1.29 is 18.3 Å². The summed E-state index contributed by atoms with van der Waals surface area (Å²) < 4.78 is 24.9. The van der Waals surface area contributed by atoms with E-state index in [9.17, 15) is 9.18 Å². The van der Waals surface area contributed by atoms with Gasteiger partial charge in [0, 0.05) is 34.9 Å². The zero-order chi connectivity index (χ0) is 15.5. The smallest absolute Gasteiger partial charge is 0.262 e. The van der Waals surface area contributed by atoms with Gasteiger partial charge < -0.3 is 14.5 Å². The summed E-state index contributed by atoms with van der Waals surface area (Å²) in [5.41, 5.74) is 1.46. The third-order valence-electron chi connectivity index (χ3n) is 3.29. The number of carbonyl (C=O) groups is 1. The summed E-state index contributed by atoms with van der Waals surface area (Å²) in [7, 11) is 1.53. The highest BCUT2D eigenvalue weighted by Crippen LogP contribution is 2.33. The third-order valence-corrected chi connectivity index (χ3v) is 4.49. The van der Waals surface area contributed by atoms with Crippen LogP contribution in [0, 0.1) is 5.82 Å². The van der Waals surface area contributed by atoms with E-state index < -0.39 is 0 Å². The van der Waals surface area contributed by atoms with Gasteiger partial charge in [-0.15, -0.1) is 11.3 Å². The molecule has 2 heterocycles.